The molecule has 0 fully saturated rings. The van der Waals surface area contributed by atoms with Gasteiger partial charge in [0.1, 0.15) is 0 Å². The zero-order valence-corrected chi connectivity index (χ0v) is 20.8. The average molecular weight is 481 g/mol. The van der Waals surface area contributed by atoms with Crippen LogP contribution in [0.25, 0.3) is 16.8 Å². The van der Waals surface area contributed by atoms with Crippen LogP contribution in [0.3, 0.4) is 0 Å². The van der Waals surface area contributed by atoms with E-state index in [0.717, 1.165) is 44.9 Å². The van der Waals surface area contributed by atoms with Gasteiger partial charge in [-0.05, 0) is 80.3 Å². The van der Waals surface area contributed by atoms with Crippen LogP contribution < -0.4 is 5.43 Å². The first kappa shape index (κ1) is 24.6. The number of benzene rings is 3. The number of nitrogens with one attached hydrogen (secondary N) is 1. The van der Waals surface area contributed by atoms with Gasteiger partial charge in [-0.25, -0.2) is 5.43 Å². The van der Waals surface area contributed by atoms with Gasteiger partial charge in [-0.3, -0.25) is 14.9 Å². The van der Waals surface area contributed by atoms with Gasteiger partial charge in [0.25, 0.3) is 5.69 Å². The van der Waals surface area contributed by atoms with Gasteiger partial charge in [-0.2, -0.15) is 5.10 Å². The lowest BCUT2D eigenvalue weighted by atomic mass is 10.0. The topological polar surface area (TPSA) is 89.5 Å². The fourth-order valence-corrected chi connectivity index (χ4v) is 4.32. The minimum Gasteiger partial charge on any atom is -0.318 e. The zero-order valence-electron chi connectivity index (χ0n) is 20.8. The van der Waals surface area contributed by atoms with Crippen molar-refractivity contribution in [2.75, 3.05) is 0 Å². The van der Waals surface area contributed by atoms with Gasteiger partial charge in [0.2, 0.25) is 5.91 Å². The number of nitro groups is 1. The number of nitrogens with zero attached hydrogens (tertiary/aromatic N) is 3. The molecule has 7 nitrogen and oxygen atoms in total. The zero-order chi connectivity index (χ0) is 25.8. The maximum Gasteiger partial charge on any atom is 0.269 e. The Balaban J connectivity index is 1.46. The standard InChI is InChI=1S/C29H28N4O3/c1-19-5-6-25(20(2)15-19)17-29(34)31-30-18-26-16-21(3)32(22(26)4)27-11-7-23(8-12-27)24-9-13-28(14-10-24)33(35)36/h5-16,18H,17H2,1-4H3,(H,31,34)/b30-18-. The molecular formula is C29H28N4O3. The molecular weight excluding hydrogens is 452 g/mol. The quantitative estimate of drug-likeness (QED) is 0.200. The van der Waals surface area contributed by atoms with E-state index in [1.165, 1.54) is 17.7 Å². The number of non-ortho nitro benzene ring substituents is 1. The van der Waals surface area contributed by atoms with Gasteiger partial charge in [0.15, 0.2) is 0 Å². The van der Waals surface area contributed by atoms with Gasteiger partial charge in [0.05, 0.1) is 17.6 Å². The molecule has 0 radical (unpaired) electrons. The van der Waals surface area contributed by atoms with Crippen molar-refractivity contribution in [1.82, 2.24) is 9.99 Å². The Morgan fingerprint density at radius 1 is 0.944 bits per heavy atom. The molecule has 0 aliphatic heterocycles. The molecule has 4 rings (SSSR count). The van der Waals surface area contributed by atoms with E-state index in [-0.39, 0.29) is 18.0 Å². The first-order valence-corrected chi connectivity index (χ1v) is 11.6. The smallest absolute Gasteiger partial charge is 0.269 e. The van der Waals surface area contributed by atoms with Crippen molar-refractivity contribution < 1.29 is 9.72 Å². The van der Waals surface area contributed by atoms with Crippen LogP contribution in [0.4, 0.5) is 5.69 Å². The van der Waals surface area contributed by atoms with Crippen LogP contribution in [0.15, 0.2) is 77.9 Å². The molecule has 0 saturated heterocycles. The lowest BCUT2D eigenvalue weighted by Gasteiger charge is -2.11. The molecule has 7 heteroatoms. The monoisotopic (exact) mass is 480 g/mol. The van der Waals surface area contributed by atoms with E-state index in [1.807, 2.05) is 70.2 Å². The Morgan fingerprint density at radius 2 is 1.58 bits per heavy atom. The second-order valence-corrected chi connectivity index (χ2v) is 8.91. The number of hydrazone groups is 1. The van der Waals surface area contributed by atoms with Crippen molar-refractivity contribution in [2.24, 2.45) is 5.10 Å². The minimum atomic E-state index is -0.401. The number of amides is 1. The number of aryl methyl sites for hydroxylation is 3. The van der Waals surface area contributed by atoms with Crippen LogP contribution >= 0.6 is 0 Å². The lowest BCUT2D eigenvalue weighted by molar-refractivity contribution is -0.384. The second-order valence-electron chi connectivity index (χ2n) is 8.91. The van der Waals surface area contributed by atoms with Crippen LogP contribution in [0.1, 0.15) is 33.6 Å². The number of rotatable bonds is 7. The van der Waals surface area contributed by atoms with E-state index in [2.05, 4.69) is 21.2 Å². The third kappa shape index (κ3) is 5.41. The highest BCUT2D eigenvalue weighted by Gasteiger charge is 2.11. The largest absolute Gasteiger partial charge is 0.318 e. The normalized spacial score (nSPS) is 11.1. The van der Waals surface area contributed by atoms with Gasteiger partial charge in [-0.15, -0.1) is 0 Å². The molecule has 1 N–H and O–H groups in total. The molecule has 4 aromatic rings. The van der Waals surface area contributed by atoms with Crippen LogP contribution in [0.5, 0.6) is 0 Å². The number of carbonyl (C=O) groups is 1. The van der Waals surface area contributed by atoms with Crippen molar-refractivity contribution in [2.45, 2.75) is 34.1 Å². The van der Waals surface area contributed by atoms with E-state index < -0.39 is 4.92 Å². The molecule has 3 aromatic carbocycles. The van der Waals surface area contributed by atoms with E-state index in [9.17, 15) is 14.9 Å². The summed E-state index contributed by atoms with van der Waals surface area (Å²) in [5, 5.41) is 15.1. The predicted octanol–water partition coefficient (Wildman–Crippen LogP) is 5.98. The molecule has 1 aromatic heterocycles. The summed E-state index contributed by atoms with van der Waals surface area (Å²) < 4.78 is 2.12. The fourth-order valence-electron chi connectivity index (χ4n) is 4.32. The van der Waals surface area contributed by atoms with E-state index in [0.29, 0.717) is 0 Å². The fraction of sp³-hybridized carbons (Fsp3) is 0.172. The van der Waals surface area contributed by atoms with Crippen molar-refractivity contribution >= 4 is 17.8 Å². The van der Waals surface area contributed by atoms with Crippen LogP contribution in [0, 0.1) is 37.8 Å². The van der Waals surface area contributed by atoms with Gasteiger partial charge >= 0.3 is 0 Å². The first-order valence-electron chi connectivity index (χ1n) is 11.6. The van der Waals surface area contributed by atoms with Crippen molar-refractivity contribution in [3.8, 4) is 16.8 Å². The maximum absolute atomic E-state index is 12.4. The van der Waals surface area contributed by atoms with Crippen molar-refractivity contribution in [3.63, 3.8) is 0 Å². The Labute approximate surface area is 210 Å². The molecule has 0 bridgehead atoms. The SMILES string of the molecule is Cc1ccc(CC(=O)N/N=C\c2cc(C)n(-c3ccc(-c4ccc([N+](=O)[O-])cc4)cc3)c2C)c(C)c1. The van der Waals surface area contributed by atoms with E-state index in [1.54, 1.807) is 18.3 Å². The first-order chi connectivity index (χ1) is 17.2. The van der Waals surface area contributed by atoms with E-state index in [4.69, 9.17) is 0 Å². The lowest BCUT2D eigenvalue weighted by Crippen LogP contribution is -2.20. The minimum absolute atomic E-state index is 0.0737. The van der Waals surface area contributed by atoms with Crippen LogP contribution in [-0.2, 0) is 11.2 Å². The number of hydrogen-bond donors (Lipinski definition) is 1. The maximum atomic E-state index is 12.4. The third-order valence-electron chi connectivity index (χ3n) is 6.25. The molecule has 0 aliphatic rings. The third-order valence-corrected chi connectivity index (χ3v) is 6.25. The summed E-state index contributed by atoms with van der Waals surface area (Å²) in [6.45, 7) is 8.07. The molecule has 0 aliphatic carbocycles. The molecule has 36 heavy (non-hydrogen) atoms. The van der Waals surface area contributed by atoms with Crippen molar-refractivity contribution in [1.29, 1.82) is 0 Å². The van der Waals surface area contributed by atoms with Crippen molar-refractivity contribution in [3.05, 3.63) is 117 Å². The Morgan fingerprint density at radius 3 is 2.19 bits per heavy atom. The Kier molecular flexibility index (Phi) is 7.10. The summed E-state index contributed by atoms with van der Waals surface area (Å²) in [6.07, 6.45) is 1.95. The summed E-state index contributed by atoms with van der Waals surface area (Å²) in [5.74, 6) is -0.158. The molecule has 1 amide bonds. The summed E-state index contributed by atoms with van der Waals surface area (Å²) in [4.78, 5) is 22.8. The average Bonchev–Trinajstić information content (AvgIpc) is 3.14. The summed E-state index contributed by atoms with van der Waals surface area (Å²) in [7, 11) is 0. The van der Waals surface area contributed by atoms with Crippen LogP contribution in [0.2, 0.25) is 0 Å². The summed E-state index contributed by atoms with van der Waals surface area (Å²) in [6, 6.07) is 22.6. The highest BCUT2D eigenvalue weighted by atomic mass is 16.6. The van der Waals surface area contributed by atoms with Gasteiger partial charge < -0.3 is 4.57 Å². The molecule has 0 atom stereocenters. The number of nitro benzene ring substituents is 1. The van der Waals surface area contributed by atoms with Gasteiger partial charge in [-0.1, -0.05) is 35.9 Å². The molecule has 1 heterocycles. The predicted molar refractivity (Wildman–Crippen MR) is 143 cm³/mol. The molecule has 0 unspecified atom stereocenters. The number of carbonyl (C=O) groups excluding carboxylic acids is 1. The number of aromatic nitrogens is 1. The summed E-state index contributed by atoms with van der Waals surface area (Å²) in [5.41, 5.74) is 11.8. The Bertz CT molecular complexity index is 1450. The number of hydrogen-bond acceptors (Lipinski definition) is 4. The highest BCUT2D eigenvalue weighted by molar-refractivity contribution is 5.85. The van der Waals surface area contributed by atoms with Gasteiger partial charge in [0, 0.05) is 34.8 Å². The molecule has 0 saturated carbocycles. The van der Waals surface area contributed by atoms with Crippen LogP contribution in [-0.4, -0.2) is 21.6 Å². The Hall–Kier alpha value is -4.52. The molecule has 182 valence electrons. The van der Waals surface area contributed by atoms with E-state index >= 15 is 0 Å². The second kappa shape index (κ2) is 10.4. The molecule has 0 spiro atoms. The highest BCUT2D eigenvalue weighted by Crippen LogP contribution is 2.26. The summed E-state index contributed by atoms with van der Waals surface area (Å²) >= 11 is 0.